The molecule has 0 heterocycles. The number of aliphatic hydroxyl groups is 2. The maximum Gasteiger partial charge on any atom is 0 e. The molecule has 0 aliphatic carbocycles. The molecule has 0 aliphatic heterocycles. The molecule has 0 saturated heterocycles. The van der Waals surface area contributed by atoms with E-state index >= 15 is 0 Å². The third-order valence-electron chi connectivity index (χ3n) is 1.22. The summed E-state index contributed by atoms with van der Waals surface area (Å²) >= 11 is 0.496. The van der Waals surface area contributed by atoms with E-state index in [9.17, 15) is 9.59 Å². The first-order valence-electron chi connectivity index (χ1n) is 4.16. The molecule has 0 aliphatic rings. The Labute approximate surface area is 125 Å². The molecule has 0 bridgehead atoms. The SMILES string of the molecule is C[Se]CC(O)C(=O)O.C[Se]CC(O)C(=O)O.[Zn]. The van der Waals surface area contributed by atoms with Crippen LogP contribution in [0.3, 0.4) is 0 Å². The maximum absolute atomic E-state index is 9.85. The van der Waals surface area contributed by atoms with E-state index in [0.717, 1.165) is 0 Å². The molecular weight excluding hydrogens is 415 g/mol. The zero-order valence-corrected chi connectivity index (χ0v) is 16.1. The van der Waals surface area contributed by atoms with Crippen molar-refractivity contribution in [3.05, 3.63) is 0 Å². The van der Waals surface area contributed by atoms with Gasteiger partial charge in [-0.25, -0.2) is 0 Å². The van der Waals surface area contributed by atoms with Gasteiger partial charge in [0.05, 0.1) is 0 Å². The first-order valence-corrected chi connectivity index (χ1v) is 10.0. The van der Waals surface area contributed by atoms with Crippen molar-refractivity contribution in [1.82, 2.24) is 0 Å². The Hall–Kier alpha value is 0.522. The van der Waals surface area contributed by atoms with Gasteiger partial charge in [-0.05, 0) is 0 Å². The topological polar surface area (TPSA) is 115 Å². The summed E-state index contributed by atoms with van der Waals surface area (Å²) < 4.78 is 0. The van der Waals surface area contributed by atoms with Crippen molar-refractivity contribution >= 4 is 41.9 Å². The van der Waals surface area contributed by atoms with Crippen molar-refractivity contribution in [1.29, 1.82) is 0 Å². The predicted octanol–water partition coefficient (Wildman–Crippen LogP) is -0.797. The fourth-order valence-corrected chi connectivity index (χ4v) is 2.38. The minimum absolute atomic E-state index is 0. The number of carboxylic acids is 2. The molecule has 98 valence electrons. The van der Waals surface area contributed by atoms with Crippen molar-refractivity contribution in [3.8, 4) is 0 Å². The molecule has 0 saturated carbocycles. The minimum Gasteiger partial charge on any atom is 0 e. The monoisotopic (exact) mass is 432 g/mol. The average Bonchev–Trinajstić information content (AvgIpc) is 2.19. The molecule has 6 nitrogen and oxygen atoms in total. The third kappa shape index (κ3) is 16.5. The fraction of sp³-hybridized carbons (Fsp3) is 0.750. The summed E-state index contributed by atoms with van der Waals surface area (Å²) in [6.45, 7) is 0. The van der Waals surface area contributed by atoms with Crippen molar-refractivity contribution < 1.29 is 49.5 Å². The second-order valence-corrected chi connectivity index (χ2v) is 6.44. The van der Waals surface area contributed by atoms with E-state index in [1.165, 1.54) is 0 Å². The van der Waals surface area contributed by atoms with Crippen LogP contribution in [0.4, 0.5) is 0 Å². The molecule has 0 aromatic rings. The van der Waals surface area contributed by atoms with Crippen LogP contribution in [0.5, 0.6) is 0 Å². The number of carboxylic acid groups (broad SMARTS) is 2. The zero-order chi connectivity index (χ0) is 13.1. The Balaban J connectivity index is -0.000000218. The normalized spacial score (nSPS) is 12.5. The van der Waals surface area contributed by atoms with E-state index < -0.39 is 24.1 Å². The first-order chi connectivity index (χ1) is 7.36. The molecule has 0 aromatic heterocycles. The van der Waals surface area contributed by atoms with Crippen molar-refractivity contribution in [2.24, 2.45) is 0 Å². The zero-order valence-electron chi connectivity index (χ0n) is 9.70. The summed E-state index contributed by atoms with van der Waals surface area (Å²) in [6.07, 6.45) is -2.28. The maximum atomic E-state index is 9.85. The van der Waals surface area contributed by atoms with Crippen LogP contribution in [-0.4, -0.2) is 74.5 Å². The molecule has 17 heavy (non-hydrogen) atoms. The number of rotatable bonds is 6. The molecule has 2 unspecified atom stereocenters. The van der Waals surface area contributed by atoms with Crippen LogP contribution in [0.1, 0.15) is 0 Å². The third-order valence-corrected chi connectivity index (χ3v) is 3.94. The van der Waals surface area contributed by atoms with Crippen LogP contribution in [0, 0.1) is 0 Å². The van der Waals surface area contributed by atoms with Gasteiger partial charge >= 0.3 is 106 Å². The molecule has 9 heteroatoms. The molecule has 2 atom stereocenters. The van der Waals surface area contributed by atoms with Crippen molar-refractivity contribution in [2.75, 3.05) is 0 Å². The van der Waals surface area contributed by atoms with E-state index in [-0.39, 0.29) is 49.4 Å². The molecule has 0 aromatic carbocycles. The number of carbonyl (C=O) groups is 2. The van der Waals surface area contributed by atoms with Gasteiger partial charge in [0.25, 0.3) is 0 Å². The Kier molecular flexibility index (Phi) is 19.5. The van der Waals surface area contributed by atoms with Gasteiger partial charge in [-0.3, -0.25) is 0 Å². The summed E-state index contributed by atoms with van der Waals surface area (Å²) in [7, 11) is 0. The number of aliphatic carboxylic acids is 2. The van der Waals surface area contributed by atoms with E-state index in [0.29, 0.717) is 10.6 Å². The van der Waals surface area contributed by atoms with Gasteiger partial charge in [-0.1, -0.05) is 0 Å². The Morgan fingerprint density at radius 3 is 1.24 bits per heavy atom. The largest absolute Gasteiger partial charge is 0 e. The van der Waals surface area contributed by atoms with Crippen molar-refractivity contribution in [3.63, 3.8) is 0 Å². The average molecular weight is 432 g/mol. The Morgan fingerprint density at radius 1 is 0.941 bits per heavy atom. The predicted molar refractivity (Wildman–Crippen MR) is 60.1 cm³/mol. The van der Waals surface area contributed by atoms with E-state index in [2.05, 4.69) is 0 Å². The second kappa shape index (κ2) is 14.6. The number of aliphatic hydroxyl groups excluding tert-OH is 2. The van der Waals surface area contributed by atoms with Gasteiger partial charge < -0.3 is 0 Å². The van der Waals surface area contributed by atoms with Crippen LogP contribution >= 0.6 is 0 Å². The van der Waals surface area contributed by atoms with E-state index in [1.54, 1.807) is 0 Å². The fourth-order valence-electron chi connectivity index (χ4n) is 0.458. The Bertz CT molecular complexity index is 194. The van der Waals surface area contributed by atoms with Gasteiger partial charge in [-0.2, -0.15) is 0 Å². The van der Waals surface area contributed by atoms with Crippen LogP contribution in [-0.2, 0) is 29.1 Å². The summed E-state index contributed by atoms with van der Waals surface area (Å²) in [4.78, 5) is 19.7. The second-order valence-electron chi connectivity index (χ2n) is 2.62. The molecule has 0 spiro atoms. The summed E-state index contributed by atoms with van der Waals surface area (Å²) in [5.41, 5.74) is 0. The molecular formula is C8H16O6Se2Zn. The molecule has 0 radical (unpaired) electrons. The van der Waals surface area contributed by atoms with Crippen LogP contribution in [0.25, 0.3) is 0 Å². The first kappa shape index (κ1) is 22.7. The smallest absolute Gasteiger partial charge is 0 e. The van der Waals surface area contributed by atoms with Gasteiger partial charge in [0, 0.05) is 19.5 Å². The molecule has 0 fully saturated rings. The van der Waals surface area contributed by atoms with Gasteiger partial charge in [0.2, 0.25) is 0 Å². The van der Waals surface area contributed by atoms with Gasteiger partial charge in [0.15, 0.2) is 0 Å². The van der Waals surface area contributed by atoms with Gasteiger partial charge in [-0.15, -0.1) is 0 Å². The number of hydrogen-bond acceptors (Lipinski definition) is 4. The van der Waals surface area contributed by atoms with Gasteiger partial charge in [0.1, 0.15) is 0 Å². The quantitative estimate of drug-likeness (QED) is 0.410. The van der Waals surface area contributed by atoms with Crippen LogP contribution in [0.15, 0.2) is 0 Å². The molecule has 0 amide bonds. The summed E-state index contributed by atoms with van der Waals surface area (Å²) in [6, 6.07) is 0. The minimum atomic E-state index is -1.14. The summed E-state index contributed by atoms with van der Waals surface area (Å²) in [5, 5.41) is 34.0. The molecule has 4 N–H and O–H groups in total. The molecule has 0 rings (SSSR count). The number of hydrogen-bond donors (Lipinski definition) is 4. The van der Waals surface area contributed by atoms with Crippen LogP contribution in [0.2, 0.25) is 22.3 Å². The summed E-state index contributed by atoms with van der Waals surface area (Å²) in [5.74, 6) is 1.54. The van der Waals surface area contributed by atoms with E-state index in [1.807, 2.05) is 11.6 Å². The van der Waals surface area contributed by atoms with Crippen LogP contribution < -0.4 is 0 Å². The van der Waals surface area contributed by atoms with Crippen molar-refractivity contribution in [2.45, 2.75) is 34.5 Å². The Morgan fingerprint density at radius 2 is 1.18 bits per heavy atom. The standard InChI is InChI=1S/2C4H8O3Se.Zn/c2*1-8-2-3(5)4(6)7;/h2*3,5H,2H2,1H3,(H,6,7);. The van der Waals surface area contributed by atoms with E-state index in [4.69, 9.17) is 20.4 Å².